The van der Waals surface area contributed by atoms with E-state index in [0.29, 0.717) is 13.0 Å². The van der Waals surface area contributed by atoms with Gasteiger partial charge in [-0.25, -0.2) is 4.39 Å². The van der Waals surface area contributed by atoms with E-state index in [0.717, 1.165) is 61.0 Å². The smallest absolute Gasteiger partial charge is 0.222 e. The Bertz CT molecular complexity index is 734. The Hall–Kier alpha value is -1.88. The minimum Gasteiger partial charge on any atom is -0.378 e. The van der Waals surface area contributed by atoms with Crippen LogP contribution in [0.3, 0.4) is 0 Å². The lowest BCUT2D eigenvalue weighted by atomic mass is 10.0. The fraction of sp³-hybridized carbons (Fsp3) is 0.500. The number of carbonyl (C=O) groups is 1. The van der Waals surface area contributed by atoms with Crippen molar-refractivity contribution < 1.29 is 13.9 Å². The Morgan fingerprint density at radius 2 is 2.35 bits per heavy atom. The maximum Gasteiger partial charge on any atom is 0.222 e. The Kier molecular flexibility index (Phi) is 3.81. The van der Waals surface area contributed by atoms with E-state index in [1.807, 2.05) is 4.90 Å². The van der Waals surface area contributed by atoms with Gasteiger partial charge < -0.3 is 14.6 Å². The average molecular weight is 316 g/mol. The molecule has 23 heavy (non-hydrogen) atoms. The molecule has 0 bridgehead atoms. The number of nitrogens with zero attached hydrogens (tertiary/aromatic N) is 1. The first-order valence-electron chi connectivity index (χ1n) is 8.39. The summed E-state index contributed by atoms with van der Waals surface area (Å²) in [5.74, 6) is -0.0574. The first-order chi connectivity index (χ1) is 11.2. The molecule has 1 atom stereocenters. The molecule has 4 nitrogen and oxygen atoms in total. The van der Waals surface area contributed by atoms with E-state index in [9.17, 15) is 9.18 Å². The zero-order valence-corrected chi connectivity index (χ0v) is 13.1. The summed E-state index contributed by atoms with van der Waals surface area (Å²) in [6.45, 7) is 2.13. The monoisotopic (exact) mass is 316 g/mol. The summed E-state index contributed by atoms with van der Waals surface area (Å²) in [5, 5.41) is 0.900. The Morgan fingerprint density at radius 1 is 1.43 bits per heavy atom. The first-order valence-corrected chi connectivity index (χ1v) is 8.39. The fourth-order valence-electron chi connectivity index (χ4n) is 3.71. The van der Waals surface area contributed by atoms with Crippen molar-refractivity contribution in [3.63, 3.8) is 0 Å². The van der Waals surface area contributed by atoms with Gasteiger partial charge in [0.1, 0.15) is 5.82 Å². The van der Waals surface area contributed by atoms with E-state index in [2.05, 4.69) is 4.98 Å². The van der Waals surface area contributed by atoms with Crippen molar-refractivity contribution in [3.05, 3.63) is 35.3 Å². The van der Waals surface area contributed by atoms with Gasteiger partial charge in [0.05, 0.1) is 6.10 Å². The number of hydrogen-bond donors (Lipinski definition) is 1. The molecule has 0 aliphatic carbocycles. The van der Waals surface area contributed by atoms with Crippen molar-refractivity contribution in [2.45, 2.75) is 44.8 Å². The predicted molar refractivity (Wildman–Crippen MR) is 85.6 cm³/mol. The minimum absolute atomic E-state index is 0.178. The van der Waals surface area contributed by atoms with Crippen molar-refractivity contribution in [3.8, 4) is 0 Å². The van der Waals surface area contributed by atoms with Crippen LogP contribution in [0.1, 0.15) is 36.9 Å². The summed E-state index contributed by atoms with van der Waals surface area (Å²) in [4.78, 5) is 17.7. The molecule has 2 aromatic rings. The van der Waals surface area contributed by atoms with Crippen molar-refractivity contribution in [1.29, 1.82) is 0 Å². The van der Waals surface area contributed by atoms with Gasteiger partial charge in [-0.15, -0.1) is 0 Å². The van der Waals surface area contributed by atoms with Crippen LogP contribution in [0.4, 0.5) is 4.39 Å². The van der Waals surface area contributed by atoms with Crippen LogP contribution in [0.5, 0.6) is 0 Å². The highest BCUT2D eigenvalue weighted by atomic mass is 19.1. The summed E-state index contributed by atoms with van der Waals surface area (Å²) in [6, 6.07) is 4.80. The van der Waals surface area contributed by atoms with Gasteiger partial charge in [0.15, 0.2) is 0 Å². The molecule has 5 heteroatoms. The number of aromatic nitrogens is 1. The molecule has 1 fully saturated rings. The van der Waals surface area contributed by atoms with Gasteiger partial charge in [-0.3, -0.25) is 4.79 Å². The van der Waals surface area contributed by atoms with Gasteiger partial charge in [0.25, 0.3) is 0 Å². The Balaban J connectivity index is 1.47. The molecule has 1 saturated heterocycles. The van der Waals surface area contributed by atoms with E-state index >= 15 is 0 Å². The number of nitrogens with one attached hydrogen (secondary N) is 1. The first kappa shape index (κ1) is 14.7. The molecule has 1 amide bonds. The number of rotatable bonds is 3. The number of halogens is 1. The average Bonchev–Trinajstić information content (AvgIpc) is 3.19. The van der Waals surface area contributed by atoms with Gasteiger partial charge in [-0.2, -0.15) is 0 Å². The molecule has 1 aromatic carbocycles. The van der Waals surface area contributed by atoms with Gasteiger partial charge in [-0.1, -0.05) is 0 Å². The lowest BCUT2D eigenvalue weighted by Gasteiger charge is -2.27. The highest BCUT2D eigenvalue weighted by Gasteiger charge is 2.25. The molecule has 0 radical (unpaired) electrons. The minimum atomic E-state index is -0.235. The van der Waals surface area contributed by atoms with Crippen molar-refractivity contribution in [1.82, 2.24) is 9.88 Å². The Labute approximate surface area is 134 Å². The molecular weight excluding hydrogens is 295 g/mol. The molecule has 1 N–H and O–H groups in total. The lowest BCUT2D eigenvalue weighted by Crippen LogP contribution is -2.36. The third-order valence-electron chi connectivity index (χ3n) is 4.99. The second-order valence-electron chi connectivity index (χ2n) is 6.51. The number of aromatic amines is 1. The number of carbonyl (C=O) groups excluding carboxylic acids is 1. The third kappa shape index (κ3) is 2.85. The number of H-pyrrole nitrogens is 1. The van der Waals surface area contributed by atoms with Crippen LogP contribution in [0.25, 0.3) is 10.9 Å². The number of hydrogen-bond acceptors (Lipinski definition) is 2. The van der Waals surface area contributed by atoms with E-state index in [-0.39, 0.29) is 17.8 Å². The quantitative estimate of drug-likeness (QED) is 0.945. The van der Waals surface area contributed by atoms with Crippen LogP contribution in [0.15, 0.2) is 18.2 Å². The van der Waals surface area contributed by atoms with Gasteiger partial charge >= 0.3 is 0 Å². The SMILES string of the molecule is O=C(CCC1CCCO1)N1CCc2[nH]c3ccc(F)cc3c2C1. The van der Waals surface area contributed by atoms with Crippen LogP contribution in [-0.4, -0.2) is 35.0 Å². The van der Waals surface area contributed by atoms with Gasteiger partial charge in [0, 0.05) is 54.7 Å². The molecule has 2 aliphatic rings. The van der Waals surface area contributed by atoms with E-state index in [4.69, 9.17) is 4.74 Å². The van der Waals surface area contributed by atoms with E-state index in [1.165, 1.54) is 6.07 Å². The zero-order valence-electron chi connectivity index (χ0n) is 13.1. The summed E-state index contributed by atoms with van der Waals surface area (Å²) in [5.41, 5.74) is 3.15. The normalized spacial score (nSPS) is 20.9. The number of benzene rings is 1. The standard InChI is InChI=1S/C18H21FN2O2/c19-12-3-5-16-14(10-12)15-11-21(8-7-17(15)20-16)18(22)6-4-13-2-1-9-23-13/h3,5,10,13,20H,1-2,4,6-9,11H2. The van der Waals surface area contributed by atoms with E-state index < -0.39 is 0 Å². The fourth-order valence-corrected chi connectivity index (χ4v) is 3.71. The number of amides is 1. The van der Waals surface area contributed by atoms with Gasteiger partial charge in [0.2, 0.25) is 5.91 Å². The van der Waals surface area contributed by atoms with Crippen molar-refractivity contribution in [2.24, 2.45) is 0 Å². The third-order valence-corrected chi connectivity index (χ3v) is 4.99. The largest absolute Gasteiger partial charge is 0.378 e. The van der Waals surface area contributed by atoms with Crippen LogP contribution < -0.4 is 0 Å². The molecule has 0 spiro atoms. The molecule has 1 aromatic heterocycles. The maximum atomic E-state index is 13.5. The molecule has 122 valence electrons. The second kappa shape index (κ2) is 5.96. The number of ether oxygens (including phenoxy) is 1. The topological polar surface area (TPSA) is 45.3 Å². The highest BCUT2D eigenvalue weighted by Crippen LogP contribution is 2.29. The van der Waals surface area contributed by atoms with Crippen LogP contribution >= 0.6 is 0 Å². The zero-order chi connectivity index (χ0) is 15.8. The maximum absolute atomic E-state index is 13.5. The van der Waals surface area contributed by atoms with Gasteiger partial charge in [-0.05, 0) is 37.5 Å². The van der Waals surface area contributed by atoms with Crippen molar-refractivity contribution in [2.75, 3.05) is 13.2 Å². The summed E-state index contributed by atoms with van der Waals surface area (Å²) in [7, 11) is 0. The summed E-state index contributed by atoms with van der Waals surface area (Å²) in [6.07, 6.45) is 4.58. The molecule has 0 saturated carbocycles. The Morgan fingerprint density at radius 3 is 3.17 bits per heavy atom. The molecule has 4 rings (SSSR count). The highest BCUT2D eigenvalue weighted by molar-refractivity contribution is 5.86. The summed E-state index contributed by atoms with van der Waals surface area (Å²) >= 11 is 0. The summed E-state index contributed by atoms with van der Waals surface area (Å²) < 4.78 is 19.1. The molecule has 1 unspecified atom stereocenters. The van der Waals surface area contributed by atoms with Crippen LogP contribution in [0, 0.1) is 5.82 Å². The van der Waals surface area contributed by atoms with Crippen LogP contribution in [-0.2, 0) is 22.5 Å². The molecule has 3 heterocycles. The molecule has 2 aliphatic heterocycles. The van der Waals surface area contributed by atoms with E-state index in [1.54, 1.807) is 12.1 Å². The predicted octanol–water partition coefficient (Wildman–Crippen LogP) is 3.15. The second-order valence-corrected chi connectivity index (χ2v) is 6.51. The lowest BCUT2D eigenvalue weighted by molar-refractivity contribution is -0.132. The number of fused-ring (bicyclic) bond motifs is 3. The van der Waals surface area contributed by atoms with Crippen molar-refractivity contribution >= 4 is 16.8 Å². The van der Waals surface area contributed by atoms with Crippen LogP contribution in [0.2, 0.25) is 0 Å². The molecular formula is C18H21FN2O2.